The lowest BCUT2D eigenvalue weighted by atomic mass is 10.0. The number of amides is 2. The predicted molar refractivity (Wildman–Crippen MR) is 128 cm³/mol. The Balaban J connectivity index is 0.000000821. The predicted octanol–water partition coefficient (Wildman–Crippen LogP) is 2.97. The van der Waals surface area contributed by atoms with E-state index in [1.54, 1.807) is 25.5 Å². The van der Waals surface area contributed by atoms with Crippen molar-refractivity contribution in [2.45, 2.75) is 26.2 Å². The average molecular weight is 445 g/mol. The topological polar surface area (TPSA) is 114 Å². The van der Waals surface area contributed by atoms with Gasteiger partial charge in [0.1, 0.15) is 5.69 Å². The van der Waals surface area contributed by atoms with Crippen molar-refractivity contribution in [3.63, 3.8) is 0 Å². The molecule has 0 atom stereocenters. The molecule has 2 amide bonds. The zero-order valence-corrected chi connectivity index (χ0v) is 18.9. The molecule has 3 N–H and O–H groups in total. The molecule has 1 saturated heterocycles. The molecule has 5 rings (SSSR count). The van der Waals surface area contributed by atoms with Gasteiger partial charge in [-0.3, -0.25) is 14.6 Å². The van der Waals surface area contributed by atoms with Crippen molar-refractivity contribution in [3.05, 3.63) is 60.0 Å². The number of anilines is 1. The fraction of sp³-hybridized carbons (Fsp3) is 0.320. The molecular weight excluding hydrogens is 416 g/mol. The van der Waals surface area contributed by atoms with Crippen LogP contribution in [0.25, 0.3) is 22.4 Å². The van der Waals surface area contributed by atoms with Gasteiger partial charge in [-0.2, -0.15) is 10.2 Å². The summed E-state index contributed by atoms with van der Waals surface area (Å²) in [6.07, 6.45) is 7.68. The molecule has 0 bridgehead atoms. The molecule has 1 aliphatic carbocycles. The number of carbonyl (C=O) groups is 2. The highest BCUT2D eigenvalue weighted by molar-refractivity contribution is 5.93. The molecule has 8 nitrogen and oxygen atoms in total. The van der Waals surface area contributed by atoms with Gasteiger partial charge in [0.2, 0.25) is 6.41 Å². The van der Waals surface area contributed by atoms with Gasteiger partial charge in [0.05, 0.1) is 11.9 Å². The molecule has 170 valence electrons. The van der Waals surface area contributed by atoms with Gasteiger partial charge in [0.15, 0.2) is 0 Å². The number of aromatic nitrogens is 3. The van der Waals surface area contributed by atoms with Crippen molar-refractivity contribution in [2.75, 3.05) is 25.0 Å². The van der Waals surface area contributed by atoms with E-state index in [-0.39, 0.29) is 12.3 Å². The maximum Gasteiger partial charge on any atom is 0.269 e. The molecule has 3 heterocycles. The number of hydrogen-bond acceptors (Lipinski definition) is 6. The van der Waals surface area contributed by atoms with Crippen molar-refractivity contribution in [2.24, 2.45) is 11.1 Å². The Morgan fingerprint density at radius 2 is 1.94 bits per heavy atom. The van der Waals surface area contributed by atoms with E-state index in [1.807, 2.05) is 12.1 Å². The lowest BCUT2D eigenvalue weighted by Crippen LogP contribution is -2.20. The van der Waals surface area contributed by atoms with Crippen LogP contribution in [0.4, 0.5) is 5.69 Å². The van der Waals surface area contributed by atoms with Crippen LogP contribution in [-0.2, 0) is 4.79 Å². The summed E-state index contributed by atoms with van der Waals surface area (Å²) in [7, 11) is 1.60. The number of primary amides is 1. The molecule has 0 unspecified atom stereocenters. The fourth-order valence-corrected chi connectivity index (χ4v) is 4.34. The van der Waals surface area contributed by atoms with E-state index in [2.05, 4.69) is 56.3 Å². The van der Waals surface area contributed by atoms with Crippen molar-refractivity contribution in [1.82, 2.24) is 20.5 Å². The highest BCUT2D eigenvalue weighted by atomic mass is 16.1. The summed E-state index contributed by atoms with van der Waals surface area (Å²) in [5.74, 6) is -0.207. The van der Waals surface area contributed by atoms with Gasteiger partial charge < -0.3 is 16.0 Å². The molecule has 1 saturated carbocycles. The van der Waals surface area contributed by atoms with Crippen LogP contribution < -0.4 is 16.0 Å². The first-order valence-corrected chi connectivity index (χ1v) is 11.0. The second kappa shape index (κ2) is 9.36. The second-order valence-corrected chi connectivity index (χ2v) is 8.65. The summed E-state index contributed by atoms with van der Waals surface area (Å²) < 4.78 is 0. The average Bonchev–Trinajstić information content (AvgIpc) is 3.48. The van der Waals surface area contributed by atoms with Crippen molar-refractivity contribution >= 4 is 18.0 Å². The SMILES string of the molecule is CNC(=O)c1cc(-c2cnnc(-c3cc(N4CCC5(CC5)C4)ccc3C)c2)ccn1.NC=O. The largest absolute Gasteiger partial charge is 0.372 e. The Kier molecular flexibility index (Phi) is 6.35. The molecule has 0 radical (unpaired) electrons. The normalized spacial score (nSPS) is 15.5. The zero-order chi connectivity index (χ0) is 23.4. The van der Waals surface area contributed by atoms with E-state index in [0.29, 0.717) is 11.1 Å². The molecular formula is C25H28N6O2. The number of nitrogens with one attached hydrogen (secondary N) is 1. The summed E-state index contributed by atoms with van der Waals surface area (Å²) in [5.41, 5.74) is 11.3. The molecule has 2 aromatic heterocycles. The summed E-state index contributed by atoms with van der Waals surface area (Å²) >= 11 is 0. The molecule has 2 fully saturated rings. The standard InChI is InChI=1S/C24H25N5O.CH3NO/c1-16-3-4-19(29-10-8-24(15-29)6-7-24)13-20(16)21-12-18(14-27-28-21)17-5-9-26-22(11-17)23(30)25-2;2-1-3/h3-5,9,11-14H,6-8,10,15H2,1-2H3,(H,25,30);1H,(H2,2,3). The van der Waals surface area contributed by atoms with E-state index in [0.717, 1.165) is 28.9 Å². The van der Waals surface area contributed by atoms with Gasteiger partial charge in [0.25, 0.3) is 5.91 Å². The second-order valence-electron chi connectivity index (χ2n) is 8.65. The maximum absolute atomic E-state index is 11.9. The number of carbonyl (C=O) groups excluding carboxylic acids is 2. The molecule has 2 aliphatic rings. The van der Waals surface area contributed by atoms with E-state index in [1.165, 1.54) is 37.1 Å². The zero-order valence-electron chi connectivity index (χ0n) is 18.9. The summed E-state index contributed by atoms with van der Waals surface area (Å²) in [4.78, 5) is 27.2. The molecule has 1 aliphatic heterocycles. The maximum atomic E-state index is 11.9. The Morgan fingerprint density at radius 1 is 1.15 bits per heavy atom. The van der Waals surface area contributed by atoms with Crippen LogP contribution in [0.1, 0.15) is 35.3 Å². The minimum Gasteiger partial charge on any atom is -0.372 e. The summed E-state index contributed by atoms with van der Waals surface area (Å²) in [6, 6.07) is 12.3. The monoisotopic (exact) mass is 444 g/mol. The van der Waals surface area contributed by atoms with E-state index >= 15 is 0 Å². The third-order valence-electron chi connectivity index (χ3n) is 6.47. The molecule has 3 aromatic rings. The first kappa shape index (κ1) is 22.4. The van der Waals surface area contributed by atoms with Gasteiger partial charge in [0, 0.05) is 43.1 Å². The number of benzene rings is 1. The number of nitrogens with two attached hydrogens (primary N) is 1. The van der Waals surface area contributed by atoms with Gasteiger partial charge in [-0.25, -0.2) is 0 Å². The molecule has 1 spiro atoms. The summed E-state index contributed by atoms with van der Waals surface area (Å²) in [6.45, 7) is 4.41. The lowest BCUT2D eigenvalue weighted by Gasteiger charge is -2.20. The fourth-order valence-electron chi connectivity index (χ4n) is 4.34. The smallest absolute Gasteiger partial charge is 0.269 e. The van der Waals surface area contributed by atoms with E-state index in [9.17, 15) is 4.79 Å². The van der Waals surface area contributed by atoms with Crippen molar-refractivity contribution in [1.29, 1.82) is 0 Å². The van der Waals surface area contributed by atoms with Gasteiger partial charge in [-0.05, 0) is 73.1 Å². The Labute approximate surface area is 193 Å². The first-order chi connectivity index (χ1) is 16.0. The number of aryl methyl sites for hydroxylation is 1. The van der Waals surface area contributed by atoms with Gasteiger partial charge in [-0.15, -0.1) is 0 Å². The third-order valence-corrected chi connectivity index (χ3v) is 6.47. The number of pyridine rings is 1. The number of nitrogens with zero attached hydrogens (tertiary/aromatic N) is 4. The van der Waals surface area contributed by atoms with E-state index in [4.69, 9.17) is 4.79 Å². The molecule has 8 heteroatoms. The van der Waals surface area contributed by atoms with Crippen LogP contribution in [-0.4, -0.2) is 47.6 Å². The minimum absolute atomic E-state index is 0.207. The van der Waals surface area contributed by atoms with Crippen LogP contribution in [0.2, 0.25) is 0 Å². The minimum atomic E-state index is -0.207. The summed E-state index contributed by atoms with van der Waals surface area (Å²) in [5, 5.41) is 11.3. The Bertz CT molecular complexity index is 1180. The van der Waals surface area contributed by atoms with Crippen molar-refractivity contribution < 1.29 is 9.59 Å². The molecule has 1 aromatic carbocycles. The van der Waals surface area contributed by atoms with E-state index < -0.39 is 0 Å². The van der Waals surface area contributed by atoms with Crippen LogP contribution >= 0.6 is 0 Å². The highest BCUT2D eigenvalue weighted by Gasteiger charge is 2.47. The first-order valence-electron chi connectivity index (χ1n) is 11.0. The number of rotatable bonds is 4. The highest BCUT2D eigenvalue weighted by Crippen LogP contribution is 2.53. The lowest BCUT2D eigenvalue weighted by molar-refractivity contribution is -0.106. The quantitative estimate of drug-likeness (QED) is 0.598. The Morgan fingerprint density at radius 3 is 2.64 bits per heavy atom. The number of hydrogen-bond donors (Lipinski definition) is 2. The van der Waals surface area contributed by atoms with Crippen LogP contribution in [0, 0.1) is 12.3 Å². The van der Waals surface area contributed by atoms with Crippen molar-refractivity contribution in [3.8, 4) is 22.4 Å². The van der Waals surface area contributed by atoms with Gasteiger partial charge in [-0.1, -0.05) is 6.07 Å². The Hall–Kier alpha value is -3.81. The van der Waals surface area contributed by atoms with Crippen LogP contribution in [0.15, 0.2) is 48.8 Å². The van der Waals surface area contributed by atoms with Crippen LogP contribution in [0.3, 0.4) is 0 Å². The molecule has 33 heavy (non-hydrogen) atoms. The third kappa shape index (κ3) is 4.84. The van der Waals surface area contributed by atoms with Crippen LogP contribution in [0.5, 0.6) is 0 Å². The van der Waals surface area contributed by atoms with Gasteiger partial charge >= 0.3 is 0 Å².